The van der Waals surface area contributed by atoms with Gasteiger partial charge < -0.3 is 15.3 Å². The lowest BCUT2D eigenvalue weighted by molar-refractivity contribution is -0.127. The van der Waals surface area contributed by atoms with Gasteiger partial charge in [0.25, 0.3) is 0 Å². The van der Waals surface area contributed by atoms with Crippen LogP contribution in [0.5, 0.6) is 0 Å². The van der Waals surface area contributed by atoms with Gasteiger partial charge in [0, 0.05) is 18.8 Å². The zero-order chi connectivity index (χ0) is 15.5. The minimum atomic E-state index is -4.24. The highest BCUT2D eigenvalue weighted by Crippen LogP contribution is 2.22. The van der Waals surface area contributed by atoms with E-state index in [0.717, 1.165) is 6.42 Å². The highest BCUT2D eigenvalue weighted by Gasteiger charge is 2.27. The molecule has 7 heteroatoms. The van der Waals surface area contributed by atoms with Gasteiger partial charge in [-0.2, -0.15) is 13.2 Å². The molecular weight excluding hydrogens is 285 g/mol. The number of benzene rings is 1. The van der Waals surface area contributed by atoms with E-state index in [0.29, 0.717) is 18.7 Å². The van der Waals surface area contributed by atoms with Gasteiger partial charge in [0.15, 0.2) is 0 Å². The zero-order valence-corrected chi connectivity index (χ0v) is 11.4. The molecule has 1 aliphatic rings. The van der Waals surface area contributed by atoms with Crippen LogP contribution >= 0.6 is 0 Å². The number of carbonyl (C=O) groups excluding carboxylic acids is 1. The number of amides is 2. The van der Waals surface area contributed by atoms with Crippen molar-refractivity contribution in [3.05, 3.63) is 29.8 Å². The van der Waals surface area contributed by atoms with Crippen LogP contribution in [0.2, 0.25) is 0 Å². The maximum atomic E-state index is 12.2. The molecular formula is C14H17F3N2O2. The van der Waals surface area contributed by atoms with Crippen LogP contribution in [0, 0.1) is 0 Å². The van der Waals surface area contributed by atoms with Crippen LogP contribution in [-0.2, 0) is 6.42 Å². The first kappa shape index (κ1) is 15.6. The van der Waals surface area contributed by atoms with Gasteiger partial charge in [-0.05, 0) is 30.5 Å². The Morgan fingerprint density at radius 3 is 2.57 bits per heavy atom. The number of likely N-dealkylation sites (tertiary alicyclic amines) is 1. The van der Waals surface area contributed by atoms with Crippen LogP contribution in [0.15, 0.2) is 24.3 Å². The summed E-state index contributed by atoms with van der Waals surface area (Å²) in [4.78, 5) is 13.4. The van der Waals surface area contributed by atoms with Gasteiger partial charge >= 0.3 is 12.2 Å². The molecule has 0 radical (unpaired) electrons. The average Bonchev–Trinajstić information content (AvgIpc) is 2.39. The molecule has 116 valence electrons. The SMILES string of the molecule is O=C(Nc1ccc(CC(F)(F)F)cc1)N1CCC[C@H](O)C1. The predicted octanol–water partition coefficient (Wildman–Crippen LogP) is 2.78. The number of aliphatic hydroxyl groups is 1. The van der Waals surface area contributed by atoms with E-state index in [1.807, 2.05) is 0 Å². The third-order valence-corrected chi connectivity index (χ3v) is 3.29. The zero-order valence-electron chi connectivity index (χ0n) is 11.4. The minimum absolute atomic E-state index is 0.147. The van der Waals surface area contributed by atoms with Gasteiger partial charge in [-0.25, -0.2) is 4.79 Å². The molecule has 1 atom stereocenters. The molecule has 0 saturated carbocycles. The maximum absolute atomic E-state index is 12.2. The van der Waals surface area contributed by atoms with Crippen LogP contribution in [0.1, 0.15) is 18.4 Å². The van der Waals surface area contributed by atoms with Crippen molar-refractivity contribution in [2.75, 3.05) is 18.4 Å². The molecule has 21 heavy (non-hydrogen) atoms. The molecule has 0 aromatic heterocycles. The van der Waals surface area contributed by atoms with Gasteiger partial charge in [-0.3, -0.25) is 0 Å². The summed E-state index contributed by atoms with van der Waals surface area (Å²) in [5.74, 6) is 0. The Balaban J connectivity index is 1.92. The molecule has 1 saturated heterocycles. The number of hydrogen-bond donors (Lipinski definition) is 2. The number of urea groups is 1. The van der Waals surface area contributed by atoms with Crippen molar-refractivity contribution in [1.82, 2.24) is 4.90 Å². The summed E-state index contributed by atoms with van der Waals surface area (Å²) >= 11 is 0. The molecule has 0 bridgehead atoms. The summed E-state index contributed by atoms with van der Waals surface area (Å²) in [7, 11) is 0. The molecule has 2 amide bonds. The molecule has 4 nitrogen and oxygen atoms in total. The fourth-order valence-corrected chi connectivity index (χ4v) is 2.28. The normalized spacial score (nSPS) is 19.4. The van der Waals surface area contributed by atoms with Crippen molar-refractivity contribution < 1.29 is 23.1 Å². The molecule has 1 aliphatic heterocycles. The first-order valence-electron chi connectivity index (χ1n) is 6.73. The summed E-state index contributed by atoms with van der Waals surface area (Å²) in [5.41, 5.74) is 0.583. The van der Waals surface area contributed by atoms with Gasteiger partial charge in [0.1, 0.15) is 0 Å². The number of carbonyl (C=O) groups is 1. The van der Waals surface area contributed by atoms with Crippen molar-refractivity contribution in [3.63, 3.8) is 0 Å². The van der Waals surface area contributed by atoms with Crippen molar-refractivity contribution in [2.45, 2.75) is 31.5 Å². The smallest absolute Gasteiger partial charge is 0.391 e. The summed E-state index contributed by atoms with van der Waals surface area (Å²) in [6.45, 7) is 0.840. The Bertz CT molecular complexity index is 488. The summed E-state index contributed by atoms with van der Waals surface area (Å²) in [6.07, 6.45) is -4.33. The Hall–Kier alpha value is -1.76. The lowest BCUT2D eigenvalue weighted by atomic mass is 10.1. The van der Waals surface area contributed by atoms with Gasteiger partial charge in [0.2, 0.25) is 0 Å². The minimum Gasteiger partial charge on any atom is -0.391 e. The fraction of sp³-hybridized carbons (Fsp3) is 0.500. The first-order chi connectivity index (χ1) is 9.83. The number of β-amino-alcohol motifs (C(OH)–C–C–N with tert-alkyl or cyclic N) is 1. The number of alkyl halides is 3. The molecule has 1 aromatic carbocycles. The molecule has 0 aliphatic carbocycles. The molecule has 1 fully saturated rings. The highest BCUT2D eigenvalue weighted by atomic mass is 19.4. The van der Waals surface area contributed by atoms with Crippen molar-refractivity contribution >= 4 is 11.7 Å². The molecule has 0 unspecified atom stereocenters. The standard InChI is InChI=1S/C14H17F3N2O2/c15-14(16,17)8-10-3-5-11(6-4-10)18-13(21)19-7-1-2-12(20)9-19/h3-6,12,20H,1-2,7-9H2,(H,18,21)/t12-/m0/s1. The van der Waals surface area contributed by atoms with E-state index in [9.17, 15) is 23.1 Å². The van der Waals surface area contributed by atoms with E-state index < -0.39 is 18.7 Å². The molecule has 1 heterocycles. The Labute approximate surface area is 120 Å². The number of halogens is 3. The van der Waals surface area contributed by atoms with Gasteiger partial charge in [-0.15, -0.1) is 0 Å². The second kappa shape index (κ2) is 6.34. The number of rotatable bonds is 2. The second-order valence-corrected chi connectivity index (χ2v) is 5.16. The van der Waals surface area contributed by atoms with Crippen LogP contribution in [-0.4, -0.2) is 41.4 Å². The molecule has 0 spiro atoms. The van der Waals surface area contributed by atoms with E-state index in [-0.39, 0.29) is 18.1 Å². The second-order valence-electron chi connectivity index (χ2n) is 5.16. The Morgan fingerprint density at radius 2 is 2.00 bits per heavy atom. The van der Waals surface area contributed by atoms with E-state index in [4.69, 9.17) is 0 Å². The highest BCUT2D eigenvalue weighted by molar-refractivity contribution is 5.89. The third kappa shape index (κ3) is 4.93. The van der Waals surface area contributed by atoms with Crippen LogP contribution in [0.3, 0.4) is 0 Å². The maximum Gasteiger partial charge on any atom is 0.393 e. The number of hydrogen-bond acceptors (Lipinski definition) is 2. The van der Waals surface area contributed by atoms with Crippen LogP contribution < -0.4 is 5.32 Å². The van der Waals surface area contributed by atoms with Crippen LogP contribution in [0.25, 0.3) is 0 Å². The van der Waals surface area contributed by atoms with E-state index in [1.165, 1.54) is 29.2 Å². The topological polar surface area (TPSA) is 52.6 Å². The first-order valence-corrected chi connectivity index (χ1v) is 6.73. The number of anilines is 1. The van der Waals surface area contributed by atoms with Crippen molar-refractivity contribution in [2.24, 2.45) is 0 Å². The summed E-state index contributed by atoms with van der Waals surface area (Å²) in [6, 6.07) is 5.22. The third-order valence-electron chi connectivity index (χ3n) is 3.29. The predicted molar refractivity (Wildman–Crippen MR) is 72.0 cm³/mol. The van der Waals surface area contributed by atoms with Crippen LogP contribution in [0.4, 0.5) is 23.7 Å². The Kier molecular flexibility index (Phi) is 4.72. The molecule has 2 N–H and O–H groups in total. The number of aliphatic hydroxyl groups excluding tert-OH is 1. The quantitative estimate of drug-likeness (QED) is 0.882. The fourth-order valence-electron chi connectivity index (χ4n) is 2.28. The monoisotopic (exact) mass is 302 g/mol. The van der Waals surface area contributed by atoms with E-state index in [2.05, 4.69) is 5.32 Å². The lowest BCUT2D eigenvalue weighted by Crippen LogP contribution is -2.44. The molecule has 2 rings (SSSR count). The van der Waals surface area contributed by atoms with Gasteiger partial charge in [0.05, 0.1) is 12.5 Å². The number of nitrogens with zero attached hydrogens (tertiary/aromatic N) is 1. The number of nitrogens with one attached hydrogen (secondary N) is 1. The lowest BCUT2D eigenvalue weighted by Gasteiger charge is -2.30. The van der Waals surface area contributed by atoms with E-state index >= 15 is 0 Å². The Morgan fingerprint density at radius 1 is 1.33 bits per heavy atom. The molecule has 1 aromatic rings. The van der Waals surface area contributed by atoms with Gasteiger partial charge in [-0.1, -0.05) is 12.1 Å². The van der Waals surface area contributed by atoms with E-state index in [1.54, 1.807) is 0 Å². The van der Waals surface area contributed by atoms with Crippen molar-refractivity contribution in [1.29, 1.82) is 0 Å². The van der Waals surface area contributed by atoms with Crippen molar-refractivity contribution in [3.8, 4) is 0 Å². The average molecular weight is 302 g/mol. The summed E-state index contributed by atoms with van der Waals surface area (Å²) in [5, 5.41) is 12.1. The number of piperidine rings is 1. The summed E-state index contributed by atoms with van der Waals surface area (Å²) < 4.78 is 36.7. The largest absolute Gasteiger partial charge is 0.393 e.